The third-order valence-electron chi connectivity index (χ3n) is 4.73. The molecule has 1 saturated heterocycles. The zero-order valence-electron chi connectivity index (χ0n) is 18.9. The third kappa shape index (κ3) is 6.05. The Balaban J connectivity index is 2.21. The van der Waals surface area contributed by atoms with Gasteiger partial charge in [-0.1, -0.05) is 13.3 Å². The van der Waals surface area contributed by atoms with Gasteiger partial charge in [0.25, 0.3) is 8.53 Å². The van der Waals surface area contributed by atoms with Gasteiger partial charge in [0, 0.05) is 19.7 Å². The fourth-order valence-electron chi connectivity index (χ4n) is 3.33. The van der Waals surface area contributed by atoms with E-state index in [-0.39, 0.29) is 31.2 Å². The predicted octanol–water partition coefficient (Wildman–Crippen LogP) is 3.93. The Hall–Kier alpha value is -0.920. The minimum Gasteiger partial charge on any atom is -0.349 e. The summed E-state index contributed by atoms with van der Waals surface area (Å²) < 4.78 is 43.2. The van der Waals surface area contributed by atoms with Crippen molar-refractivity contribution in [2.75, 3.05) is 6.61 Å². The number of hydrogen-bond donors (Lipinski definition) is 0. The molecular weight excluding hydrogens is 398 g/mol. The molecule has 9 heteroatoms. The molecule has 0 aromatic heterocycles. The Bertz CT molecular complexity index is 616. The van der Waals surface area contributed by atoms with Crippen LogP contribution in [-0.4, -0.2) is 64.6 Å². The first kappa shape index (κ1) is 22.8. The number of rotatable bonds is 10. The number of carbonyl (C=O) groups excluding carboxylic acids is 2. The summed E-state index contributed by atoms with van der Waals surface area (Å²) in [6.45, 7) is 10.4. The molecule has 0 radical (unpaired) electrons. The fraction of sp³-hybridized carbons (Fsp3) is 0.800. The lowest BCUT2D eigenvalue weighted by Gasteiger charge is -2.37. The lowest BCUT2D eigenvalue weighted by atomic mass is 10.1. The van der Waals surface area contributed by atoms with Crippen LogP contribution in [0.1, 0.15) is 62.2 Å². The van der Waals surface area contributed by atoms with E-state index in [1.165, 1.54) is 12.3 Å². The smallest absolute Gasteiger partial charge is 0.259 e. The minimum absolute atomic E-state index is 0.112. The molecule has 0 N–H and O–H groups in total. The fourth-order valence-corrected chi connectivity index (χ4v) is 5.14. The van der Waals surface area contributed by atoms with E-state index in [4.69, 9.17) is 15.2 Å². The monoisotopic (exact) mass is 433 g/mol. The van der Waals surface area contributed by atoms with E-state index < -0.39 is 39.0 Å². The number of ketones is 1. The average molecular weight is 433 g/mol. The molecule has 0 aromatic rings. The molecule has 166 valence electrons. The Morgan fingerprint density at radius 1 is 1.38 bits per heavy atom. The third-order valence-corrected chi connectivity index (χ3v) is 6.86. The summed E-state index contributed by atoms with van der Waals surface area (Å²) in [5, 5.41) is 0. The summed E-state index contributed by atoms with van der Waals surface area (Å²) in [7, 11) is -1.58. The van der Waals surface area contributed by atoms with Gasteiger partial charge in [0.1, 0.15) is 6.10 Å². The van der Waals surface area contributed by atoms with Crippen molar-refractivity contribution in [1.29, 1.82) is 0 Å². The van der Waals surface area contributed by atoms with Crippen LogP contribution in [0, 0.1) is 0 Å². The highest BCUT2D eigenvalue weighted by atomic mass is 31.2. The molecule has 5 atom stereocenters. The van der Waals surface area contributed by atoms with Crippen LogP contribution in [0.5, 0.6) is 0 Å². The van der Waals surface area contributed by atoms with Gasteiger partial charge in [0.2, 0.25) is 5.91 Å². The summed E-state index contributed by atoms with van der Waals surface area (Å²) in [5.41, 5.74) is 0. The summed E-state index contributed by atoms with van der Waals surface area (Å²) >= 11 is 0. The number of hydrogen-bond acceptors (Lipinski definition) is 6. The molecule has 1 amide bonds. The van der Waals surface area contributed by atoms with E-state index in [1.54, 1.807) is 0 Å². The van der Waals surface area contributed by atoms with E-state index in [2.05, 4.69) is 11.6 Å². The highest BCUT2D eigenvalue weighted by Gasteiger charge is 2.50. The van der Waals surface area contributed by atoms with Crippen LogP contribution >= 0.6 is 8.53 Å². The van der Waals surface area contributed by atoms with Gasteiger partial charge >= 0.3 is 0 Å². The molecule has 0 aromatic carbocycles. The van der Waals surface area contributed by atoms with Crippen LogP contribution in [0.3, 0.4) is 0 Å². The van der Waals surface area contributed by atoms with Crippen LogP contribution in [-0.2, 0) is 23.4 Å². The zero-order valence-corrected chi connectivity index (χ0v) is 18.8. The largest absolute Gasteiger partial charge is 0.349 e. The molecule has 0 bridgehead atoms. The molecule has 2 heterocycles. The molecule has 1 fully saturated rings. The lowest BCUT2D eigenvalue weighted by molar-refractivity contribution is -0.145. The first-order valence-electron chi connectivity index (χ1n) is 10.9. The van der Waals surface area contributed by atoms with Crippen molar-refractivity contribution in [2.45, 2.75) is 97.5 Å². The van der Waals surface area contributed by atoms with E-state index in [0.717, 1.165) is 17.7 Å². The van der Waals surface area contributed by atoms with E-state index >= 15 is 4.39 Å². The quantitative estimate of drug-likeness (QED) is 0.295. The molecular formula is C20H34FN2O5P. The van der Waals surface area contributed by atoms with Crippen molar-refractivity contribution < 1.29 is 29.1 Å². The second kappa shape index (κ2) is 10.9. The van der Waals surface area contributed by atoms with Gasteiger partial charge in [0.05, 0.1) is 19.1 Å². The number of nitrogens with zero attached hydrogens (tertiary/aromatic N) is 2. The number of unbranched alkanes of at least 4 members (excludes halogenated alkanes) is 1. The van der Waals surface area contributed by atoms with E-state index in [1.807, 2.05) is 27.7 Å². The molecule has 0 aliphatic carbocycles. The first-order chi connectivity index (χ1) is 14.2. The van der Waals surface area contributed by atoms with Crippen molar-refractivity contribution in [3.05, 3.63) is 12.3 Å². The highest BCUT2D eigenvalue weighted by Crippen LogP contribution is 2.49. The lowest BCUT2D eigenvalue weighted by Crippen LogP contribution is -2.45. The van der Waals surface area contributed by atoms with Crippen LogP contribution in [0.15, 0.2) is 12.3 Å². The van der Waals surface area contributed by atoms with Gasteiger partial charge in [-0.05, 0) is 47.1 Å². The highest BCUT2D eigenvalue weighted by molar-refractivity contribution is 7.44. The first-order valence-corrected chi connectivity index (χ1v) is 11.3. The van der Waals surface area contributed by atoms with Gasteiger partial charge in [-0.25, -0.2) is 9.06 Å². The molecule has 5 unspecified atom stereocenters. The Morgan fingerprint density at radius 2 is 2.07 bits per heavy atom. The molecule has 7 nitrogen and oxygen atoms in total. The Kier molecular flexibility index (Phi) is 8.57. The SMILES string of the molecule is [2H]CC1OC(N2C=CC(=O)CC2=O)C(F)C1OP(OCCCC)N(C(C)C)C(C)C. The summed E-state index contributed by atoms with van der Waals surface area (Å²) in [5.74, 6) is -0.848. The van der Waals surface area contributed by atoms with Crippen LogP contribution in [0.2, 0.25) is 0 Å². The number of ether oxygens (including phenoxy) is 1. The second-order valence-corrected chi connectivity index (χ2v) is 9.24. The zero-order chi connectivity index (χ0) is 22.4. The van der Waals surface area contributed by atoms with Gasteiger partial charge in [-0.15, -0.1) is 0 Å². The maximum atomic E-state index is 15.4. The molecule has 0 spiro atoms. The number of allylic oxidation sites excluding steroid dienone is 1. The van der Waals surface area contributed by atoms with E-state index in [0.29, 0.717) is 6.61 Å². The number of amides is 1. The summed E-state index contributed by atoms with van der Waals surface area (Å²) in [6, 6.07) is 0.224. The number of alkyl halides is 1. The molecule has 2 rings (SSSR count). The van der Waals surface area contributed by atoms with Gasteiger partial charge in [0.15, 0.2) is 18.2 Å². The normalized spacial score (nSPS) is 29.4. The molecule has 0 saturated carbocycles. The van der Waals surface area contributed by atoms with Crippen LogP contribution in [0.25, 0.3) is 0 Å². The molecule has 29 heavy (non-hydrogen) atoms. The van der Waals surface area contributed by atoms with Gasteiger partial charge in [-0.2, -0.15) is 0 Å². The maximum absolute atomic E-state index is 15.4. The topological polar surface area (TPSA) is 68.3 Å². The maximum Gasteiger partial charge on any atom is 0.259 e. The second-order valence-electron chi connectivity index (χ2n) is 7.83. The van der Waals surface area contributed by atoms with E-state index in [9.17, 15) is 9.59 Å². The standard InChI is InChI=1S/C20H34FN2O5P/c1-7-8-11-26-29(23(13(2)3)14(4)5)28-19-15(6)27-20(18(19)21)22-10-9-16(24)12-17(22)25/h9-10,13-15,18-20H,7-8,11-12H2,1-6H3/i6D. The van der Waals surface area contributed by atoms with Crippen LogP contribution in [0.4, 0.5) is 4.39 Å². The van der Waals surface area contributed by atoms with Crippen molar-refractivity contribution in [2.24, 2.45) is 0 Å². The number of halogens is 1. The molecule has 2 aliphatic heterocycles. The Labute approximate surface area is 175 Å². The summed E-state index contributed by atoms with van der Waals surface area (Å²) in [6.07, 6.45) is -0.775. The average Bonchev–Trinajstić information content (AvgIpc) is 2.97. The van der Waals surface area contributed by atoms with Crippen LogP contribution < -0.4 is 0 Å². The van der Waals surface area contributed by atoms with Gasteiger partial charge < -0.3 is 13.8 Å². The van der Waals surface area contributed by atoms with Gasteiger partial charge in [-0.3, -0.25) is 14.5 Å². The van der Waals surface area contributed by atoms with Crippen molar-refractivity contribution in [1.82, 2.24) is 9.57 Å². The summed E-state index contributed by atoms with van der Waals surface area (Å²) in [4.78, 5) is 24.7. The van der Waals surface area contributed by atoms with Crippen molar-refractivity contribution in [3.8, 4) is 0 Å². The Morgan fingerprint density at radius 3 is 2.62 bits per heavy atom. The minimum atomic E-state index is -1.66. The van der Waals surface area contributed by atoms with Crippen molar-refractivity contribution in [3.63, 3.8) is 0 Å². The van der Waals surface area contributed by atoms with Crippen molar-refractivity contribution >= 4 is 20.2 Å². The molecule has 2 aliphatic rings. The number of carbonyl (C=O) groups is 2. The predicted molar refractivity (Wildman–Crippen MR) is 110 cm³/mol.